The minimum absolute atomic E-state index is 0.859. The average molecular weight is 231 g/mol. The van der Waals surface area contributed by atoms with Crippen molar-refractivity contribution >= 4 is 6.29 Å². The van der Waals surface area contributed by atoms with Crippen LogP contribution in [0, 0.1) is 31.6 Å². The van der Waals surface area contributed by atoms with Crippen molar-refractivity contribution in [2.45, 2.75) is 46.1 Å². The molecule has 3 unspecified atom stereocenters. The third-order valence-electron chi connectivity index (χ3n) is 5.04. The van der Waals surface area contributed by atoms with E-state index < -0.39 is 0 Å². The van der Waals surface area contributed by atoms with Crippen molar-refractivity contribution in [3.63, 3.8) is 0 Å². The van der Waals surface area contributed by atoms with Gasteiger partial charge in [0.1, 0.15) is 0 Å². The van der Waals surface area contributed by atoms with Crippen LogP contribution in [0.1, 0.15) is 47.4 Å². The van der Waals surface area contributed by atoms with E-state index in [1.54, 1.807) is 0 Å². The molecule has 1 aromatic rings. The lowest BCUT2D eigenvalue weighted by atomic mass is 9.88. The zero-order chi connectivity index (χ0) is 12.0. The van der Waals surface area contributed by atoms with Gasteiger partial charge < -0.3 is 4.57 Å². The molecule has 2 aliphatic rings. The molecule has 0 N–H and O–H groups in total. The summed E-state index contributed by atoms with van der Waals surface area (Å²) in [6, 6.07) is 2.02. The fourth-order valence-electron chi connectivity index (χ4n) is 4.06. The molecule has 0 amide bonds. The summed E-state index contributed by atoms with van der Waals surface area (Å²) >= 11 is 0. The summed E-state index contributed by atoms with van der Waals surface area (Å²) in [5, 5.41) is 0. The topological polar surface area (TPSA) is 22.0 Å². The Labute approximate surface area is 103 Å². The zero-order valence-corrected chi connectivity index (χ0v) is 10.8. The molecule has 0 spiro atoms. The van der Waals surface area contributed by atoms with Crippen molar-refractivity contribution in [2.24, 2.45) is 17.8 Å². The largest absolute Gasteiger partial charge is 0.348 e. The second-order valence-corrected chi connectivity index (χ2v) is 5.99. The lowest BCUT2D eigenvalue weighted by Gasteiger charge is -2.23. The lowest BCUT2D eigenvalue weighted by molar-refractivity contribution is 0.112. The highest BCUT2D eigenvalue weighted by molar-refractivity contribution is 5.77. The molecule has 2 aliphatic carbocycles. The molecule has 0 saturated heterocycles. The van der Waals surface area contributed by atoms with E-state index in [1.165, 1.54) is 31.4 Å². The number of nitrogens with zero attached hydrogens (tertiary/aromatic N) is 1. The molecule has 2 fully saturated rings. The molecule has 3 rings (SSSR count). The molecule has 1 heterocycles. The SMILES string of the molecule is Cc1cc(C=O)c(C)n1CC1CC2CCC1C2. The van der Waals surface area contributed by atoms with Crippen molar-refractivity contribution in [1.82, 2.24) is 4.57 Å². The Kier molecular flexibility index (Phi) is 2.61. The van der Waals surface area contributed by atoms with Crippen LogP contribution in [-0.2, 0) is 6.54 Å². The first kappa shape index (κ1) is 11.1. The second kappa shape index (κ2) is 4.01. The van der Waals surface area contributed by atoms with Crippen LogP contribution in [0.4, 0.5) is 0 Å². The third kappa shape index (κ3) is 1.74. The van der Waals surface area contributed by atoms with Gasteiger partial charge in [-0.1, -0.05) is 6.42 Å². The van der Waals surface area contributed by atoms with E-state index in [9.17, 15) is 4.79 Å². The van der Waals surface area contributed by atoms with Gasteiger partial charge in [-0.15, -0.1) is 0 Å². The Morgan fingerprint density at radius 3 is 2.71 bits per heavy atom. The molecule has 3 atom stereocenters. The van der Waals surface area contributed by atoms with E-state index in [2.05, 4.69) is 18.4 Å². The number of hydrogen-bond donors (Lipinski definition) is 0. The number of hydrogen-bond acceptors (Lipinski definition) is 1. The fraction of sp³-hybridized carbons (Fsp3) is 0.667. The van der Waals surface area contributed by atoms with Gasteiger partial charge in [0, 0.05) is 23.5 Å². The molecule has 2 nitrogen and oxygen atoms in total. The molecule has 92 valence electrons. The van der Waals surface area contributed by atoms with Crippen LogP contribution in [0.15, 0.2) is 6.07 Å². The first-order chi connectivity index (χ1) is 8.19. The maximum absolute atomic E-state index is 10.9. The van der Waals surface area contributed by atoms with Crippen molar-refractivity contribution in [2.75, 3.05) is 0 Å². The quantitative estimate of drug-likeness (QED) is 0.731. The number of aromatic nitrogens is 1. The van der Waals surface area contributed by atoms with Crippen LogP contribution in [0.25, 0.3) is 0 Å². The lowest BCUT2D eigenvalue weighted by Crippen LogP contribution is -2.18. The Balaban J connectivity index is 1.81. The van der Waals surface area contributed by atoms with Gasteiger partial charge in [0.25, 0.3) is 0 Å². The molecular formula is C15H21NO. The minimum atomic E-state index is 0.859. The summed E-state index contributed by atoms with van der Waals surface area (Å²) in [5.41, 5.74) is 3.26. The van der Waals surface area contributed by atoms with Crippen LogP contribution in [0.2, 0.25) is 0 Å². The number of rotatable bonds is 3. The number of aldehydes is 1. The Hall–Kier alpha value is -1.05. The van der Waals surface area contributed by atoms with Crippen molar-refractivity contribution in [3.8, 4) is 0 Å². The van der Waals surface area contributed by atoms with Gasteiger partial charge in [0.2, 0.25) is 0 Å². The molecule has 2 saturated carbocycles. The monoisotopic (exact) mass is 231 g/mol. The van der Waals surface area contributed by atoms with Crippen molar-refractivity contribution in [3.05, 3.63) is 23.0 Å². The molecule has 1 aromatic heterocycles. The van der Waals surface area contributed by atoms with E-state index in [-0.39, 0.29) is 0 Å². The highest BCUT2D eigenvalue weighted by Crippen LogP contribution is 2.49. The van der Waals surface area contributed by atoms with Gasteiger partial charge in [-0.05, 0) is 56.9 Å². The van der Waals surface area contributed by atoms with Crippen LogP contribution in [0.3, 0.4) is 0 Å². The summed E-state index contributed by atoms with van der Waals surface area (Å²) in [4.78, 5) is 10.9. The van der Waals surface area contributed by atoms with E-state index in [4.69, 9.17) is 0 Å². The summed E-state index contributed by atoms with van der Waals surface area (Å²) < 4.78 is 2.36. The van der Waals surface area contributed by atoms with Gasteiger partial charge in [0.15, 0.2) is 6.29 Å². The number of carbonyl (C=O) groups is 1. The first-order valence-electron chi connectivity index (χ1n) is 6.81. The van der Waals surface area contributed by atoms with Crippen molar-refractivity contribution < 1.29 is 4.79 Å². The molecule has 0 aromatic carbocycles. The number of carbonyl (C=O) groups excluding carboxylic acids is 1. The fourth-order valence-corrected chi connectivity index (χ4v) is 4.06. The molecular weight excluding hydrogens is 210 g/mol. The summed E-state index contributed by atoms with van der Waals surface area (Å²) in [6.07, 6.45) is 6.77. The Bertz CT molecular complexity index is 446. The van der Waals surface area contributed by atoms with E-state index in [0.717, 1.165) is 41.8 Å². The third-order valence-corrected chi connectivity index (χ3v) is 5.04. The second-order valence-electron chi connectivity index (χ2n) is 5.99. The van der Waals surface area contributed by atoms with Crippen LogP contribution in [-0.4, -0.2) is 10.9 Å². The van der Waals surface area contributed by atoms with Gasteiger partial charge in [-0.25, -0.2) is 0 Å². The number of fused-ring (bicyclic) bond motifs is 2. The van der Waals surface area contributed by atoms with Crippen LogP contribution >= 0.6 is 0 Å². The minimum Gasteiger partial charge on any atom is -0.348 e. The molecule has 0 aliphatic heterocycles. The zero-order valence-electron chi connectivity index (χ0n) is 10.8. The van der Waals surface area contributed by atoms with E-state index >= 15 is 0 Å². The predicted molar refractivity (Wildman–Crippen MR) is 68.2 cm³/mol. The molecule has 0 radical (unpaired) electrons. The highest BCUT2D eigenvalue weighted by Gasteiger charge is 2.39. The van der Waals surface area contributed by atoms with Gasteiger partial charge in [0.05, 0.1) is 0 Å². The summed E-state index contributed by atoms with van der Waals surface area (Å²) in [6.45, 7) is 5.32. The van der Waals surface area contributed by atoms with E-state index in [1.807, 2.05) is 6.07 Å². The Morgan fingerprint density at radius 1 is 1.35 bits per heavy atom. The van der Waals surface area contributed by atoms with Gasteiger partial charge >= 0.3 is 0 Å². The smallest absolute Gasteiger partial charge is 0.151 e. The maximum Gasteiger partial charge on any atom is 0.151 e. The van der Waals surface area contributed by atoms with E-state index in [0.29, 0.717) is 0 Å². The van der Waals surface area contributed by atoms with Crippen LogP contribution < -0.4 is 0 Å². The first-order valence-corrected chi connectivity index (χ1v) is 6.81. The average Bonchev–Trinajstić information content (AvgIpc) is 2.98. The Morgan fingerprint density at radius 2 is 2.18 bits per heavy atom. The summed E-state index contributed by atoms with van der Waals surface area (Å²) in [7, 11) is 0. The molecule has 2 bridgehead atoms. The van der Waals surface area contributed by atoms with Gasteiger partial charge in [-0.2, -0.15) is 0 Å². The van der Waals surface area contributed by atoms with Crippen LogP contribution in [0.5, 0.6) is 0 Å². The standard InChI is InChI=1S/C15H21NO/c1-10-5-15(9-17)11(2)16(10)8-14-7-12-3-4-13(14)6-12/h5,9,12-14H,3-4,6-8H2,1-2H3. The highest BCUT2D eigenvalue weighted by atomic mass is 16.1. The normalized spacial score (nSPS) is 31.1. The molecule has 17 heavy (non-hydrogen) atoms. The maximum atomic E-state index is 10.9. The predicted octanol–water partition coefficient (Wildman–Crippen LogP) is 3.35. The molecule has 2 heteroatoms. The summed E-state index contributed by atoms with van der Waals surface area (Å²) in [5.74, 6) is 2.82. The van der Waals surface area contributed by atoms with Crippen molar-refractivity contribution in [1.29, 1.82) is 0 Å². The number of aryl methyl sites for hydroxylation is 1. The van der Waals surface area contributed by atoms with Gasteiger partial charge in [-0.3, -0.25) is 4.79 Å².